The third-order valence-electron chi connectivity index (χ3n) is 4.40. The van der Waals surface area contributed by atoms with Gasteiger partial charge < -0.3 is 10.2 Å². The van der Waals surface area contributed by atoms with E-state index in [9.17, 15) is 9.59 Å². The Balaban J connectivity index is 2.03. The van der Waals surface area contributed by atoms with Crippen molar-refractivity contribution in [1.29, 1.82) is 0 Å². The molecule has 0 saturated heterocycles. The van der Waals surface area contributed by atoms with Crippen LogP contribution in [-0.2, 0) is 21.9 Å². The molecule has 0 unspecified atom stereocenters. The summed E-state index contributed by atoms with van der Waals surface area (Å²) in [6.07, 6.45) is 0. The van der Waals surface area contributed by atoms with Crippen LogP contribution in [0, 0.1) is 6.92 Å². The molecule has 0 aliphatic carbocycles. The Morgan fingerprint density at radius 2 is 1.68 bits per heavy atom. The highest BCUT2D eigenvalue weighted by molar-refractivity contribution is 9.10. The molecule has 2 aromatic rings. The highest BCUT2D eigenvalue weighted by Gasteiger charge is 2.25. The summed E-state index contributed by atoms with van der Waals surface area (Å²) in [5, 5.41) is 2.82. The zero-order valence-electron chi connectivity index (χ0n) is 16.6. The van der Waals surface area contributed by atoms with E-state index in [-0.39, 0.29) is 11.8 Å². The fourth-order valence-electron chi connectivity index (χ4n) is 2.71. The smallest absolute Gasteiger partial charge is 0.242 e. The van der Waals surface area contributed by atoms with E-state index in [1.165, 1.54) is 11.1 Å². The van der Waals surface area contributed by atoms with Gasteiger partial charge in [-0.05, 0) is 44.0 Å². The van der Waals surface area contributed by atoms with E-state index >= 15 is 0 Å². The molecule has 0 saturated carbocycles. The highest BCUT2D eigenvalue weighted by Crippen LogP contribution is 2.18. The lowest BCUT2D eigenvalue weighted by Crippen LogP contribution is -2.48. The first-order valence-electron chi connectivity index (χ1n) is 9.35. The third-order valence-corrected chi connectivity index (χ3v) is 5.92. The SMILES string of the molecule is CCNC(=O)[C@@H](C)N(Cc1ccc(C)cc1)C(=O)CSCc1ccc(Br)cc1. The average molecular weight is 463 g/mol. The first-order chi connectivity index (χ1) is 13.4. The molecule has 0 bridgehead atoms. The van der Waals surface area contributed by atoms with Crippen LogP contribution >= 0.6 is 27.7 Å². The van der Waals surface area contributed by atoms with Gasteiger partial charge in [0.15, 0.2) is 0 Å². The van der Waals surface area contributed by atoms with Crippen LogP contribution in [0.25, 0.3) is 0 Å². The number of hydrogen-bond acceptors (Lipinski definition) is 3. The largest absolute Gasteiger partial charge is 0.355 e. The number of nitrogens with one attached hydrogen (secondary N) is 1. The molecule has 150 valence electrons. The molecule has 2 amide bonds. The molecule has 0 aromatic heterocycles. The third kappa shape index (κ3) is 6.99. The first kappa shape index (κ1) is 22.5. The number of thioether (sulfide) groups is 1. The van der Waals surface area contributed by atoms with Gasteiger partial charge in [0.05, 0.1) is 5.75 Å². The fraction of sp³-hybridized carbons (Fsp3) is 0.364. The minimum Gasteiger partial charge on any atom is -0.355 e. The topological polar surface area (TPSA) is 49.4 Å². The molecule has 2 rings (SSSR count). The van der Waals surface area contributed by atoms with Gasteiger partial charge in [0, 0.05) is 23.3 Å². The van der Waals surface area contributed by atoms with Crippen molar-refractivity contribution < 1.29 is 9.59 Å². The summed E-state index contributed by atoms with van der Waals surface area (Å²) in [5.41, 5.74) is 3.36. The van der Waals surface area contributed by atoms with Crippen LogP contribution in [0.3, 0.4) is 0 Å². The minimum absolute atomic E-state index is 0.0264. The van der Waals surface area contributed by atoms with E-state index in [0.717, 1.165) is 15.8 Å². The molecule has 0 radical (unpaired) electrons. The van der Waals surface area contributed by atoms with Crippen molar-refractivity contribution >= 4 is 39.5 Å². The lowest BCUT2D eigenvalue weighted by atomic mass is 10.1. The molecule has 4 nitrogen and oxygen atoms in total. The molecule has 0 heterocycles. The van der Waals surface area contributed by atoms with E-state index < -0.39 is 6.04 Å². The Hall–Kier alpha value is -1.79. The number of likely N-dealkylation sites (N-methyl/N-ethyl adjacent to an activating group) is 1. The predicted octanol–water partition coefficient (Wildman–Crippen LogP) is 4.54. The maximum Gasteiger partial charge on any atom is 0.242 e. The second-order valence-electron chi connectivity index (χ2n) is 6.70. The molecule has 6 heteroatoms. The Morgan fingerprint density at radius 3 is 2.29 bits per heavy atom. The number of hydrogen-bond donors (Lipinski definition) is 1. The monoisotopic (exact) mass is 462 g/mol. The summed E-state index contributed by atoms with van der Waals surface area (Å²) in [6, 6.07) is 15.6. The Bertz CT molecular complexity index is 778. The maximum absolute atomic E-state index is 12.9. The number of benzene rings is 2. The molecule has 28 heavy (non-hydrogen) atoms. The number of aryl methyl sites for hydroxylation is 1. The van der Waals surface area contributed by atoms with E-state index in [1.54, 1.807) is 23.6 Å². The number of rotatable bonds is 9. The molecule has 0 fully saturated rings. The van der Waals surface area contributed by atoms with Gasteiger partial charge in [0.25, 0.3) is 0 Å². The number of carbonyl (C=O) groups is 2. The van der Waals surface area contributed by atoms with Crippen molar-refractivity contribution in [1.82, 2.24) is 10.2 Å². The molecule has 1 atom stereocenters. The van der Waals surface area contributed by atoms with E-state index in [0.29, 0.717) is 18.8 Å². The van der Waals surface area contributed by atoms with Crippen molar-refractivity contribution in [2.45, 2.75) is 39.1 Å². The van der Waals surface area contributed by atoms with Gasteiger partial charge >= 0.3 is 0 Å². The van der Waals surface area contributed by atoms with Gasteiger partial charge in [-0.3, -0.25) is 9.59 Å². The summed E-state index contributed by atoms with van der Waals surface area (Å²) in [5.74, 6) is 0.945. The van der Waals surface area contributed by atoms with Crippen molar-refractivity contribution in [3.63, 3.8) is 0 Å². The number of carbonyl (C=O) groups excluding carboxylic acids is 2. The minimum atomic E-state index is -0.512. The van der Waals surface area contributed by atoms with Crippen LogP contribution in [-0.4, -0.2) is 35.1 Å². The van der Waals surface area contributed by atoms with Crippen molar-refractivity contribution in [2.75, 3.05) is 12.3 Å². The quantitative estimate of drug-likeness (QED) is 0.594. The Labute approximate surface area is 180 Å². The molecular formula is C22H27BrN2O2S. The van der Waals surface area contributed by atoms with Gasteiger partial charge in [-0.15, -0.1) is 11.8 Å². The molecule has 1 N–H and O–H groups in total. The zero-order valence-corrected chi connectivity index (χ0v) is 19.0. The average Bonchev–Trinajstić information content (AvgIpc) is 2.68. The van der Waals surface area contributed by atoms with E-state index in [1.807, 2.05) is 62.4 Å². The summed E-state index contributed by atoms with van der Waals surface area (Å²) in [7, 11) is 0. The Kier molecular flexibility index (Phi) is 9.06. The van der Waals surface area contributed by atoms with Gasteiger partial charge in [-0.25, -0.2) is 0 Å². The summed E-state index contributed by atoms with van der Waals surface area (Å²) < 4.78 is 1.04. The first-order valence-corrected chi connectivity index (χ1v) is 11.3. The summed E-state index contributed by atoms with van der Waals surface area (Å²) in [4.78, 5) is 26.9. The van der Waals surface area contributed by atoms with Gasteiger partial charge in [-0.2, -0.15) is 0 Å². The van der Waals surface area contributed by atoms with Crippen LogP contribution in [0.4, 0.5) is 0 Å². The van der Waals surface area contributed by atoms with Crippen LogP contribution in [0.15, 0.2) is 53.0 Å². The number of halogens is 1. The lowest BCUT2D eigenvalue weighted by Gasteiger charge is -2.28. The van der Waals surface area contributed by atoms with Crippen molar-refractivity contribution in [3.05, 3.63) is 69.7 Å². The normalized spacial score (nSPS) is 11.7. The second kappa shape index (κ2) is 11.3. The maximum atomic E-state index is 12.9. The van der Waals surface area contributed by atoms with Crippen LogP contribution < -0.4 is 5.32 Å². The standard InChI is InChI=1S/C22H27BrN2O2S/c1-4-24-22(27)17(3)25(13-18-7-5-16(2)6-8-18)21(26)15-28-14-19-9-11-20(23)12-10-19/h5-12,17H,4,13-15H2,1-3H3,(H,24,27)/t17-/m1/s1. The van der Waals surface area contributed by atoms with Crippen molar-refractivity contribution in [2.24, 2.45) is 0 Å². The molecular weight excluding hydrogens is 436 g/mol. The summed E-state index contributed by atoms with van der Waals surface area (Å²) in [6.45, 7) is 6.67. The van der Waals surface area contributed by atoms with Crippen LogP contribution in [0.5, 0.6) is 0 Å². The van der Waals surface area contributed by atoms with Crippen LogP contribution in [0.1, 0.15) is 30.5 Å². The molecule has 2 aromatic carbocycles. The molecule has 0 spiro atoms. The second-order valence-corrected chi connectivity index (χ2v) is 8.60. The lowest BCUT2D eigenvalue weighted by molar-refractivity contribution is -0.138. The van der Waals surface area contributed by atoms with Gasteiger partial charge in [0.2, 0.25) is 11.8 Å². The van der Waals surface area contributed by atoms with Crippen LogP contribution in [0.2, 0.25) is 0 Å². The number of nitrogens with zero attached hydrogens (tertiary/aromatic N) is 1. The van der Waals surface area contributed by atoms with E-state index in [2.05, 4.69) is 21.2 Å². The fourth-order valence-corrected chi connectivity index (χ4v) is 3.85. The molecule has 0 aliphatic heterocycles. The number of amides is 2. The molecule has 0 aliphatic rings. The van der Waals surface area contributed by atoms with E-state index in [4.69, 9.17) is 0 Å². The van der Waals surface area contributed by atoms with Gasteiger partial charge in [-0.1, -0.05) is 57.9 Å². The predicted molar refractivity (Wildman–Crippen MR) is 120 cm³/mol. The zero-order chi connectivity index (χ0) is 20.5. The van der Waals surface area contributed by atoms with Crippen molar-refractivity contribution in [3.8, 4) is 0 Å². The highest BCUT2D eigenvalue weighted by atomic mass is 79.9. The Morgan fingerprint density at radius 1 is 1.07 bits per heavy atom. The van der Waals surface area contributed by atoms with Gasteiger partial charge in [0.1, 0.15) is 6.04 Å². The summed E-state index contributed by atoms with van der Waals surface area (Å²) >= 11 is 4.99.